The van der Waals surface area contributed by atoms with Crippen molar-refractivity contribution in [2.75, 3.05) is 5.73 Å². The van der Waals surface area contributed by atoms with Gasteiger partial charge in [-0.2, -0.15) is 0 Å². The molecular formula is C14H11Br2NO. The molecule has 4 heteroatoms. The second-order valence-electron chi connectivity index (χ2n) is 3.97. The van der Waals surface area contributed by atoms with Crippen LogP contribution in [0.25, 0.3) is 0 Å². The van der Waals surface area contributed by atoms with Gasteiger partial charge in [0.05, 0.1) is 0 Å². The lowest BCUT2D eigenvalue weighted by Crippen LogP contribution is -2.04. The smallest absolute Gasteiger partial charge is 0.167 e. The number of anilines is 1. The zero-order valence-electron chi connectivity index (χ0n) is 9.49. The Balaban J connectivity index is 2.19. The maximum absolute atomic E-state index is 12.1. The van der Waals surface area contributed by atoms with Gasteiger partial charge in [-0.05, 0) is 51.8 Å². The van der Waals surface area contributed by atoms with E-state index in [0.717, 1.165) is 14.5 Å². The van der Waals surface area contributed by atoms with E-state index in [2.05, 4.69) is 31.9 Å². The van der Waals surface area contributed by atoms with Gasteiger partial charge >= 0.3 is 0 Å². The number of ketones is 1. The number of Topliss-reactive ketones (excluding diaryl/α,β-unsaturated/α-hetero) is 1. The fourth-order valence-electron chi connectivity index (χ4n) is 1.63. The van der Waals surface area contributed by atoms with Crippen LogP contribution in [0.2, 0.25) is 0 Å². The molecule has 0 fully saturated rings. The van der Waals surface area contributed by atoms with Crippen LogP contribution in [0.15, 0.2) is 51.4 Å². The van der Waals surface area contributed by atoms with E-state index >= 15 is 0 Å². The van der Waals surface area contributed by atoms with Gasteiger partial charge in [0.2, 0.25) is 0 Å². The van der Waals surface area contributed by atoms with E-state index in [0.29, 0.717) is 17.7 Å². The summed E-state index contributed by atoms with van der Waals surface area (Å²) in [6.07, 6.45) is 0.385. The van der Waals surface area contributed by atoms with E-state index in [-0.39, 0.29) is 5.78 Å². The number of nitrogen functional groups attached to an aromatic ring is 1. The lowest BCUT2D eigenvalue weighted by molar-refractivity contribution is 0.0993. The minimum atomic E-state index is 0.0776. The van der Waals surface area contributed by atoms with Crippen molar-refractivity contribution in [3.8, 4) is 0 Å². The highest BCUT2D eigenvalue weighted by Crippen LogP contribution is 2.21. The van der Waals surface area contributed by atoms with Crippen LogP contribution < -0.4 is 5.73 Å². The first-order chi connectivity index (χ1) is 8.56. The minimum Gasteiger partial charge on any atom is -0.398 e. The molecule has 2 aromatic rings. The predicted octanol–water partition coefficient (Wildman–Crippen LogP) is 4.22. The SMILES string of the molecule is Nc1ccc(C(=O)Cc2cccc(Br)c2)cc1Br. The molecule has 0 saturated carbocycles. The first-order valence-electron chi connectivity index (χ1n) is 5.39. The van der Waals surface area contributed by atoms with Crippen LogP contribution in [-0.4, -0.2) is 5.78 Å². The Labute approximate surface area is 122 Å². The van der Waals surface area contributed by atoms with E-state index in [1.807, 2.05) is 24.3 Å². The van der Waals surface area contributed by atoms with Gasteiger partial charge in [0.25, 0.3) is 0 Å². The highest BCUT2D eigenvalue weighted by molar-refractivity contribution is 9.10. The van der Waals surface area contributed by atoms with Gasteiger partial charge in [-0.25, -0.2) is 0 Å². The summed E-state index contributed by atoms with van der Waals surface area (Å²) in [6.45, 7) is 0. The average Bonchev–Trinajstić information content (AvgIpc) is 2.32. The summed E-state index contributed by atoms with van der Waals surface area (Å²) in [6, 6.07) is 13.0. The van der Waals surface area contributed by atoms with Crippen molar-refractivity contribution in [3.05, 3.63) is 62.5 Å². The van der Waals surface area contributed by atoms with Crippen LogP contribution in [0.3, 0.4) is 0 Å². The molecule has 0 heterocycles. The molecule has 2 N–H and O–H groups in total. The summed E-state index contributed by atoms with van der Waals surface area (Å²) in [7, 11) is 0. The molecule has 0 saturated heterocycles. The highest BCUT2D eigenvalue weighted by atomic mass is 79.9. The third-order valence-electron chi connectivity index (χ3n) is 2.58. The average molecular weight is 369 g/mol. The molecule has 0 aliphatic carbocycles. The third kappa shape index (κ3) is 3.21. The molecule has 0 radical (unpaired) electrons. The number of rotatable bonds is 3. The lowest BCUT2D eigenvalue weighted by Gasteiger charge is -2.04. The van der Waals surface area contributed by atoms with E-state index < -0.39 is 0 Å². The Hall–Kier alpha value is -1.13. The number of halogens is 2. The molecule has 2 aromatic carbocycles. The monoisotopic (exact) mass is 367 g/mol. The molecule has 2 rings (SSSR count). The fourth-order valence-corrected chi connectivity index (χ4v) is 2.46. The van der Waals surface area contributed by atoms with Crippen molar-refractivity contribution in [3.63, 3.8) is 0 Å². The topological polar surface area (TPSA) is 43.1 Å². The van der Waals surface area contributed by atoms with Gasteiger partial charge in [-0.1, -0.05) is 28.1 Å². The first-order valence-corrected chi connectivity index (χ1v) is 6.97. The summed E-state index contributed by atoms with van der Waals surface area (Å²) in [5, 5.41) is 0. The van der Waals surface area contributed by atoms with E-state index in [9.17, 15) is 4.79 Å². The van der Waals surface area contributed by atoms with Gasteiger partial charge in [-0.15, -0.1) is 0 Å². The van der Waals surface area contributed by atoms with Gasteiger partial charge < -0.3 is 5.73 Å². The normalized spacial score (nSPS) is 10.3. The Bertz CT molecular complexity index is 596. The van der Waals surface area contributed by atoms with Crippen LogP contribution in [0.5, 0.6) is 0 Å². The van der Waals surface area contributed by atoms with Crippen molar-refractivity contribution in [1.82, 2.24) is 0 Å². The number of hydrogen-bond acceptors (Lipinski definition) is 2. The minimum absolute atomic E-state index is 0.0776. The Morgan fingerprint density at radius 3 is 2.56 bits per heavy atom. The summed E-state index contributed by atoms with van der Waals surface area (Å²) < 4.78 is 1.73. The molecule has 0 aliphatic heterocycles. The molecule has 2 nitrogen and oxygen atoms in total. The van der Waals surface area contributed by atoms with Gasteiger partial charge in [0, 0.05) is 26.6 Å². The van der Waals surface area contributed by atoms with Crippen molar-refractivity contribution in [1.29, 1.82) is 0 Å². The molecule has 18 heavy (non-hydrogen) atoms. The van der Waals surface area contributed by atoms with Crippen LogP contribution >= 0.6 is 31.9 Å². The summed E-state index contributed by atoms with van der Waals surface area (Å²) in [4.78, 5) is 12.1. The first kappa shape index (κ1) is 13.3. The summed E-state index contributed by atoms with van der Waals surface area (Å²) in [5.74, 6) is 0.0776. The second kappa shape index (κ2) is 5.67. The summed E-state index contributed by atoms with van der Waals surface area (Å²) in [5.41, 5.74) is 7.98. The van der Waals surface area contributed by atoms with Crippen molar-refractivity contribution in [2.45, 2.75) is 6.42 Å². The number of nitrogens with two attached hydrogens (primary N) is 1. The number of hydrogen-bond donors (Lipinski definition) is 1. The van der Waals surface area contributed by atoms with Gasteiger partial charge in [0.1, 0.15) is 0 Å². The van der Waals surface area contributed by atoms with Crippen LogP contribution in [0.4, 0.5) is 5.69 Å². The predicted molar refractivity (Wildman–Crippen MR) is 80.7 cm³/mol. The summed E-state index contributed by atoms with van der Waals surface area (Å²) >= 11 is 6.72. The lowest BCUT2D eigenvalue weighted by atomic mass is 10.0. The van der Waals surface area contributed by atoms with E-state index in [4.69, 9.17) is 5.73 Å². The van der Waals surface area contributed by atoms with Gasteiger partial charge in [0.15, 0.2) is 5.78 Å². The van der Waals surface area contributed by atoms with Gasteiger partial charge in [-0.3, -0.25) is 4.79 Å². The van der Waals surface area contributed by atoms with E-state index in [1.54, 1.807) is 18.2 Å². The fraction of sp³-hybridized carbons (Fsp3) is 0.0714. The molecule has 0 bridgehead atoms. The highest BCUT2D eigenvalue weighted by Gasteiger charge is 2.08. The third-order valence-corrected chi connectivity index (χ3v) is 3.76. The standard InChI is InChI=1S/C14H11Br2NO/c15-11-3-1-2-9(6-11)7-14(18)10-4-5-13(17)12(16)8-10/h1-6,8H,7,17H2. The molecule has 0 spiro atoms. The van der Waals surface area contributed by atoms with Crippen LogP contribution in [0.1, 0.15) is 15.9 Å². The second-order valence-corrected chi connectivity index (χ2v) is 5.74. The van der Waals surface area contributed by atoms with Crippen molar-refractivity contribution < 1.29 is 4.79 Å². The Kier molecular flexibility index (Phi) is 4.19. The molecule has 92 valence electrons. The Morgan fingerprint density at radius 1 is 1.11 bits per heavy atom. The molecule has 0 aromatic heterocycles. The van der Waals surface area contributed by atoms with E-state index in [1.165, 1.54) is 0 Å². The quantitative estimate of drug-likeness (QED) is 0.651. The van der Waals surface area contributed by atoms with Crippen molar-refractivity contribution in [2.24, 2.45) is 0 Å². The molecule has 0 atom stereocenters. The van der Waals surface area contributed by atoms with Crippen molar-refractivity contribution >= 4 is 43.3 Å². The zero-order valence-corrected chi connectivity index (χ0v) is 12.7. The molecule has 0 aliphatic rings. The van der Waals surface area contributed by atoms with Crippen LogP contribution in [0, 0.1) is 0 Å². The molecular weight excluding hydrogens is 358 g/mol. The zero-order chi connectivity index (χ0) is 13.1. The Morgan fingerprint density at radius 2 is 1.89 bits per heavy atom. The largest absolute Gasteiger partial charge is 0.398 e. The van der Waals surface area contributed by atoms with Crippen LogP contribution in [-0.2, 0) is 6.42 Å². The molecule has 0 unspecified atom stereocenters. The maximum Gasteiger partial charge on any atom is 0.167 e. The number of carbonyl (C=O) groups excluding carboxylic acids is 1. The number of carbonyl (C=O) groups is 1. The number of benzene rings is 2. The molecule has 0 amide bonds. The maximum atomic E-state index is 12.1.